The van der Waals surface area contributed by atoms with Crippen LogP contribution >= 0.6 is 0 Å². The summed E-state index contributed by atoms with van der Waals surface area (Å²) >= 11 is 0. The van der Waals surface area contributed by atoms with E-state index in [1.54, 1.807) is 0 Å². The summed E-state index contributed by atoms with van der Waals surface area (Å²) in [5.74, 6) is 0.736. The van der Waals surface area contributed by atoms with Gasteiger partial charge < -0.3 is 20.1 Å². The van der Waals surface area contributed by atoms with Crippen molar-refractivity contribution in [3.63, 3.8) is 0 Å². The average Bonchev–Trinajstić information content (AvgIpc) is 2.48. The SMILES string of the molecule is CC(C)CCCCCCCOC(=O)C(C)(C)C.OCC(O)CO. The van der Waals surface area contributed by atoms with Crippen LogP contribution in [-0.2, 0) is 9.53 Å². The fourth-order valence-corrected chi connectivity index (χ4v) is 1.62. The number of hydrogen-bond acceptors (Lipinski definition) is 5. The van der Waals surface area contributed by atoms with Gasteiger partial charge in [-0.3, -0.25) is 4.79 Å². The van der Waals surface area contributed by atoms with Gasteiger partial charge in [0.25, 0.3) is 0 Å². The minimum absolute atomic E-state index is 0.0858. The second-order valence-corrected chi connectivity index (χ2v) is 7.36. The van der Waals surface area contributed by atoms with Crippen LogP contribution < -0.4 is 0 Å². The third-order valence-corrected chi connectivity index (χ3v) is 3.19. The van der Waals surface area contributed by atoms with Gasteiger partial charge in [0.15, 0.2) is 0 Å². The Morgan fingerprint density at radius 1 is 0.957 bits per heavy atom. The summed E-state index contributed by atoms with van der Waals surface area (Å²) in [5, 5.41) is 24.0. The Morgan fingerprint density at radius 3 is 1.83 bits per heavy atom. The van der Waals surface area contributed by atoms with Gasteiger partial charge in [0, 0.05) is 0 Å². The fraction of sp³-hybridized carbons (Fsp3) is 0.944. The highest BCUT2D eigenvalue weighted by Gasteiger charge is 2.22. The van der Waals surface area contributed by atoms with Crippen LogP contribution in [0.2, 0.25) is 0 Å². The minimum Gasteiger partial charge on any atom is -0.465 e. The molecule has 0 bridgehead atoms. The maximum absolute atomic E-state index is 11.5. The van der Waals surface area contributed by atoms with Crippen LogP contribution in [0.5, 0.6) is 0 Å². The summed E-state index contributed by atoms with van der Waals surface area (Å²) in [6, 6.07) is 0. The largest absolute Gasteiger partial charge is 0.465 e. The maximum atomic E-state index is 11.5. The van der Waals surface area contributed by atoms with E-state index in [0.29, 0.717) is 6.61 Å². The average molecular weight is 334 g/mol. The van der Waals surface area contributed by atoms with Crippen molar-refractivity contribution in [2.45, 2.75) is 79.2 Å². The Morgan fingerprint density at radius 2 is 1.43 bits per heavy atom. The molecule has 0 spiro atoms. The van der Waals surface area contributed by atoms with Crippen LogP contribution in [0.3, 0.4) is 0 Å². The van der Waals surface area contributed by atoms with Gasteiger partial charge in [0.2, 0.25) is 0 Å². The summed E-state index contributed by atoms with van der Waals surface area (Å²) in [7, 11) is 0. The van der Waals surface area contributed by atoms with E-state index in [1.807, 2.05) is 20.8 Å². The highest BCUT2D eigenvalue weighted by molar-refractivity contribution is 5.75. The number of esters is 1. The summed E-state index contributed by atoms with van der Waals surface area (Å²) in [4.78, 5) is 11.5. The molecule has 5 heteroatoms. The topological polar surface area (TPSA) is 87.0 Å². The molecule has 3 N–H and O–H groups in total. The number of unbranched alkanes of at least 4 members (excludes halogenated alkanes) is 4. The van der Waals surface area contributed by atoms with Crippen molar-refractivity contribution < 1.29 is 24.9 Å². The summed E-state index contributed by atoms with van der Waals surface area (Å²) in [6.45, 7) is 10.1. The number of rotatable bonds is 10. The number of carbonyl (C=O) groups excluding carboxylic acids is 1. The third kappa shape index (κ3) is 19.3. The summed E-state index contributed by atoms with van der Waals surface area (Å²) in [5.41, 5.74) is -0.364. The van der Waals surface area contributed by atoms with Gasteiger partial charge >= 0.3 is 5.97 Å². The molecule has 0 saturated carbocycles. The molecule has 0 amide bonds. The zero-order valence-electron chi connectivity index (χ0n) is 15.7. The monoisotopic (exact) mass is 334 g/mol. The molecule has 0 unspecified atom stereocenters. The predicted octanol–water partition coefficient (Wildman–Crippen LogP) is 2.90. The highest BCUT2D eigenvalue weighted by Crippen LogP contribution is 2.15. The number of aliphatic hydroxyl groups is 3. The van der Waals surface area contributed by atoms with Crippen molar-refractivity contribution in [1.29, 1.82) is 0 Å². The van der Waals surface area contributed by atoms with E-state index in [2.05, 4.69) is 13.8 Å². The van der Waals surface area contributed by atoms with Crippen molar-refractivity contribution in [1.82, 2.24) is 0 Å². The van der Waals surface area contributed by atoms with Crippen LogP contribution in [-0.4, -0.2) is 47.2 Å². The minimum atomic E-state index is -0.954. The lowest BCUT2D eigenvalue weighted by molar-refractivity contribution is -0.153. The normalized spacial score (nSPS) is 11.4. The van der Waals surface area contributed by atoms with Gasteiger partial charge in [-0.2, -0.15) is 0 Å². The van der Waals surface area contributed by atoms with E-state index in [0.717, 1.165) is 12.3 Å². The molecule has 23 heavy (non-hydrogen) atoms. The molecular weight excluding hydrogens is 296 g/mol. The predicted molar refractivity (Wildman–Crippen MR) is 93.1 cm³/mol. The Hall–Kier alpha value is -0.650. The first kappa shape index (κ1) is 24.6. The molecule has 5 nitrogen and oxygen atoms in total. The van der Waals surface area contributed by atoms with Crippen molar-refractivity contribution in [3.8, 4) is 0 Å². The molecule has 0 aromatic carbocycles. The maximum Gasteiger partial charge on any atom is 0.311 e. The first-order valence-corrected chi connectivity index (χ1v) is 8.72. The van der Waals surface area contributed by atoms with Gasteiger partial charge in [-0.25, -0.2) is 0 Å². The van der Waals surface area contributed by atoms with E-state index < -0.39 is 6.10 Å². The lowest BCUT2D eigenvalue weighted by atomic mass is 9.97. The third-order valence-electron chi connectivity index (χ3n) is 3.19. The van der Waals surface area contributed by atoms with Crippen LogP contribution in [0.4, 0.5) is 0 Å². The van der Waals surface area contributed by atoms with Crippen LogP contribution in [0.25, 0.3) is 0 Å². The van der Waals surface area contributed by atoms with E-state index in [4.69, 9.17) is 20.1 Å². The van der Waals surface area contributed by atoms with Gasteiger partial charge in [0.1, 0.15) is 6.10 Å². The molecule has 0 aliphatic carbocycles. The molecule has 0 aromatic heterocycles. The second kappa shape index (κ2) is 14.9. The number of ether oxygens (including phenoxy) is 1. The molecule has 0 aromatic rings. The van der Waals surface area contributed by atoms with E-state index in [-0.39, 0.29) is 24.6 Å². The first-order valence-electron chi connectivity index (χ1n) is 8.72. The van der Waals surface area contributed by atoms with Gasteiger partial charge in [-0.15, -0.1) is 0 Å². The number of aliphatic hydroxyl groups excluding tert-OH is 3. The lowest BCUT2D eigenvalue weighted by Crippen LogP contribution is -2.23. The molecule has 0 aliphatic rings. The molecule has 0 radical (unpaired) electrons. The van der Waals surface area contributed by atoms with Gasteiger partial charge in [0.05, 0.1) is 25.2 Å². The van der Waals surface area contributed by atoms with Crippen molar-refractivity contribution in [2.24, 2.45) is 11.3 Å². The highest BCUT2D eigenvalue weighted by atomic mass is 16.5. The van der Waals surface area contributed by atoms with Crippen molar-refractivity contribution in [2.75, 3.05) is 19.8 Å². The van der Waals surface area contributed by atoms with E-state index >= 15 is 0 Å². The van der Waals surface area contributed by atoms with E-state index in [9.17, 15) is 4.79 Å². The quantitative estimate of drug-likeness (QED) is 0.422. The van der Waals surface area contributed by atoms with Crippen molar-refractivity contribution in [3.05, 3.63) is 0 Å². The number of hydrogen-bond donors (Lipinski definition) is 3. The van der Waals surface area contributed by atoms with Crippen molar-refractivity contribution >= 4 is 5.97 Å². The molecule has 0 fully saturated rings. The lowest BCUT2D eigenvalue weighted by Gasteiger charge is -2.16. The van der Waals surface area contributed by atoms with Crippen LogP contribution in [0.1, 0.15) is 73.1 Å². The van der Waals surface area contributed by atoms with Crippen LogP contribution in [0, 0.1) is 11.3 Å². The molecule has 0 heterocycles. The zero-order valence-corrected chi connectivity index (χ0v) is 15.7. The van der Waals surface area contributed by atoms with Gasteiger partial charge in [-0.05, 0) is 33.1 Å². The second-order valence-electron chi connectivity index (χ2n) is 7.36. The molecule has 140 valence electrons. The molecule has 0 atom stereocenters. The standard InChI is InChI=1S/C15H30O2.C3H8O3/c1-13(2)11-9-7-6-8-10-12-17-14(16)15(3,4)5;4-1-3(6)2-5/h13H,6-12H2,1-5H3;3-6H,1-2H2. The van der Waals surface area contributed by atoms with Gasteiger partial charge in [-0.1, -0.05) is 46.0 Å². The Kier molecular flexibility index (Phi) is 15.9. The van der Waals surface area contributed by atoms with Crippen LogP contribution in [0.15, 0.2) is 0 Å². The summed E-state index contributed by atoms with van der Waals surface area (Å²) < 4.78 is 5.21. The zero-order chi connectivity index (χ0) is 18.3. The number of carbonyl (C=O) groups is 1. The molecule has 0 aliphatic heterocycles. The molecular formula is C18H38O5. The molecule has 0 saturated heterocycles. The fourth-order valence-electron chi connectivity index (χ4n) is 1.62. The Balaban J connectivity index is 0. The Bertz CT molecular complexity index is 267. The van der Waals surface area contributed by atoms with E-state index in [1.165, 1.54) is 32.1 Å². The summed E-state index contributed by atoms with van der Waals surface area (Å²) in [6.07, 6.45) is 6.47. The molecule has 0 rings (SSSR count). The smallest absolute Gasteiger partial charge is 0.311 e. The Labute approximate surface area is 142 Å². The first-order chi connectivity index (χ1) is 10.6.